The van der Waals surface area contributed by atoms with Gasteiger partial charge in [0.05, 0.1) is 12.2 Å². The lowest BCUT2D eigenvalue weighted by Gasteiger charge is -2.04. The quantitative estimate of drug-likeness (QED) is 0.922. The Morgan fingerprint density at radius 1 is 1.41 bits per heavy atom. The van der Waals surface area contributed by atoms with Crippen molar-refractivity contribution in [1.82, 2.24) is 15.1 Å². The molecule has 0 bridgehead atoms. The third kappa shape index (κ3) is 2.12. The van der Waals surface area contributed by atoms with Gasteiger partial charge in [-0.3, -0.25) is 4.68 Å². The first-order valence-electron chi connectivity index (χ1n) is 5.42. The van der Waals surface area contributed by atoms with Crippen LogP contribution in [-0.2, 0) is 19.6 Å². The molecule has 3 nitrogen and oxygen atoms in total. The first kappa shape index (κ1) is 10.9. The molecule has 0 spiro atoms. The third-order valence-electron chi connectivity index (χ3n) is 2.88. The highest BCUT2D eigenvalue weighted by Crippen LogP contribution is 2.18. The van der Waals surface area contributed by atoms with E-state index in [1.165, 1.54) is 11.6 Å². The molecule has 3 rings (SSSR count). The summed E-state index contributed by atoms with van der Waals surface area (Å²) in [5.74, 6) is -0.201. The minimum atomic E-state index is -0.201. The molecule has 0 saturated heterocycles. The monoisotopic (exact) mass is 295 g/mol. The molecule has 1 aromatic carbocycles. The summed E-state index contributed by atoms with van der Waals surface area (Å²) in [6.45, 7) is 2.15. The molecule has 0 radical (unpaired) electrons. The summed E-state index contributed by atoms with van der Waals surface area (Å²) in [6, 6.07) is 5.11. The Kier molecular flexibility index (Phi) is 2.72. The van der Waals surface area contributed by atoms with Gasteiger partial charge in [0.1, 0.15) is 5.82 Å². The molecule has 0 atom stereocenters. The highest BCUT2D eigenvalue weighted by molar-refractivity contribution is 9.10. The highest BCUT2D eigenvalue weighted by Gasteiger charge is 2.14. The third-order valence-corrected chi connectivity index (χ3v) is 3.37. The van der Waals surface area contributed by atoms with Crippen molar-refractivity contribution in [1.29, 1.82) is 0 Å². The van der Waals surface area contributed by atoms with E-state index in [4.69, 9.17) is 0 Å². The van der Waals surface area contributed by atoms with Crippen molar-refractivity contribution in [2.24, 2.45) is 0 Å². The lowest BCUT2D eigenvalue weighted by atomic mass is 10.2. The maximum atomic E-state index is 13.7. The van der Waals surface area contributed by atoms with Crippen molar-refractivity contribution < 1.29 is 4.39 Å². The number of halogens is 2. The SMILES string of the molecule is Fc1cc(Br)ccc1Cn1cc2c(n1)CNC2. The zero-order chi connectivity index (χ0) is 11.8. The standard InChI is InChI=1S/C12H11BrFN3/c13-10-2-1-8(11(14)3-10)6-17-7-9-4-15-5-12(9)16-17/h1-3,7,15H,4-6H2. The van der Waals surface area contributed by atoms with Crippen molar-refractivity contribution in [2.75, 3.05) is 0 Å². The molecule has 1 aliphatic rings. The molecule has 88 valence electrons. The smallest absolute Gasteiger partial charge is 0.129 e. The van der Waals surface area contributed by atoms with Gasteiger partial charge in [0, 0.05) is 34.9 Å². The lowest BCUT2D eigenvalue weighted by molar-refractivity contribution is 0.578. The van der Waals surface area contributed by atoms with Crippen LogP contribution >= 0.6 is 15.9 Å². The summed E-state index contributed by atoms with van der Waals surface area (Å²) in [7, 11) is 0. The fourth-order valence-electron chi connectivity index (χ4n) is 2.02. The second-order valence-corrected chi connectivity index (χ2v) is 5.05. The van der Waals surface area contributed by atoms with Gasteiger partial charge in [0.25, 0.3) is 0 Å². The van der Waals surface area contributed by atoms with Gasteiger partial charge in [-0.25, -0.2) is 4.39 Å². The lowest BCUT2D eigenvalue weighted by Crippen LogP contribution is -2.07. The summed E-state index contributed by atoms with van der Waals surface area (Å²) in [6.07, 6.45) is 1.98. The number of aromatic nitrogens is 2. The molecule has 0 amide bonds. The Morgan fingerprint density at radius 2 is 2.29 bits per heavy atom. The van der Waals surface area contributed by atoms with Crippen LogP contribution in [0.3, 0.4) is 0 Å². The Morgan fingerprint density at radius 3 is 3.06 bits per heavy atom. The van der Waals surface area contributed by atoms with E-state index >= 15 is 0 Å². The molecule has 0 fully saturated rings. The van der Waals surface area contributed by atoms with Gasteiger partial charge < -0.3 is 5.32 Å². The topological polar surface area (TPSA) is 29.9 Å². The predicted molar refractivity (Wildman–Crippen MR) is 66.0 cm³/mol. The zero-order valence-electron chi connectivity index (χ0n) is 9.08. The van der Waals surface area contributed by atoms with Crippen LogP contribution in [0.25, 0.3) is 0 Å². The van der Waals surface area contributed by atoms with E-state index in [1.54, 1.807) is 10.7 Å². The minimum absolute atomic E-state index is 0.201. The first-order valence-corrected chi connectivity index (χ1v) is 6.21. The number of nitrogens with one attached hydrogen (secondary N) is 1. The van der Waals surface area contributed by atoms with Crippen molar-refractivity contribution in [3.8, 4) is 0 Å². The van der Waals surface area contributed by atoms with Gasteiger partial charge in [0.15, 0.2) is 0 Å². The van der Waals surface area contributed by atoms with E-state index in [-0.39, 0.29) is 5.82 Å². The predicted octanol–water partition coefficient (Wildman–Crippen LogP) is 2.44. The van der Waals surface area contributed by atoms with E-state index in [1.807, 2.05) is 12.3 Å². The van der Waals surface area contributed by atoms with Crippen LogP contribution < -0.4 is 5.32 Å². The van der Waals surface area contributed by atoms with E-state index < -0.39 is 0 Å². The van der Waals surface area contributed by atoms with Crippen molar-refractivity contribution in [3.63, 3.8) is 0 Å². The van der Waals surface area contributed by atoms with E-state index in [2.05, 4.69) is 26.3 Å². The van der Waals surface area contributed by atoms with Crippen LogP contribution in [0.15, 0.2) is 28.9 Å². The van der Waals surface area contributed by atoms with E-state index in [0.717, 1.165) is 23.3 Å². The van der Waals surface area contributed by atoms with Gasteiger partial charge in [0.2, 0.25) is 0 Å². The largest absolute Gasteiger partial charge is 0.307 e. The number of hydrogen-bond acceptors (Lipinski definition) is 2. The van der Waals surface area contributed by atoms with Gasteiger partial charge in [-0.1, -0.05) is 22.0 Å². The van der Waals surface area contributed by atoms with Gasteiger partial charge in [-0.2, -0.15) is 5.10 Å². The average molecular weight is 296 g/mol. The molecular formula is C12H11BrFN3. The summed E-state index contributed by atoms with van der Waals surface area (Å²) in [5.41, 5.74) is 2.94. The average Bonchev–Trinajstić information content (AvgIpc) is 2.82. The van der Waals surface area contributed by atoms with Crippen LogP contribution in [0.5, 0.6) is 0 Å². The maximum Gasteiger partial charge on any atom is 0.129 e. The van der Waals surface area contributed by atoms with Crippen molar-refractivity contribution >= 4 is 15.9 Å². The summed E-state index contributed by atoms with van der Waals surface area (Å²) < 4.78 is 16.2. The molecule has 5 heteroatoms. The Hall–Kier alpha value is -1.20. The second-order valence-electron chi connectivity index (χ2n) is 4.14. The molecule has 1 N–H and O–H groups in total. The molecule has 2 heterocycles. The van der Waals surface area contributed by atoms with Gasteiger partial charge in [-0.05, 0) is 12.1 Å². The van der Waals surface area contributed by atoms with Crippen LogP contribution in [0.1, 0.15) is 16.8 Å². The second kappa shape index (κ2) is 4.23. The zero-order valence-corrected chi connectivity index (χ0v) is 10.7. The Balaban J connectivity index is 1.86. The Labute approximate surface area is 107 Å². The summed E-state index contributed by atoms with van der Waals surface area (Å²) >= 11 is 3.25. The first-order chi connectivity index (χ1) is 8.22. The summed E-state index contributed by atoms with van der Waals surface area (Å²) in [5, 5.41) is 7.65. The van der Waals surface area contributed by atoms with Crippen LogP contribution in [0.4, 0.5) is 4.39 Å². The van der Waals surface area contributed by atoms with Crippen LogP contribution in [0.2, 0.25) is 0 Å². The molecule has 0 saturated carbocycles. The molecule has 0 unspecified atom stereocenters. The number of benzene rings is 1. The molecule has 17 heavy (non-hydrogen) atoms. The molecule has 1 aromatic heterocycles. The Bertz CT molecular complexity index is 543. The fraction of sp³-hybridized carbons (Fsp3) is 0.250. The van der Waals surface area contributed by atoms with Gasteiger partial charge in [-0.15, -0.1) is 0 Å². The van der Waals surface area contributed by atoms with Crippen molar-refractivity contribution in [3.05, 3.63) is 51.5 Å². The normalized spacial score (nSPS) is 14.0. The minimum Gasteiger partial charge on any atom is -0.307 e. The van der Waals surface area contributed by atoms with E-state index in [9.17, 15) is 4.39 Å². The van der Waals surface area contributed by atoms with Gasteiger partial charge >= 0.3 is 0 Å². The molecule has 2 aromatic rings. The number of nitrogens with zero attached hydrogens (tertiary/aromatic N) is 2. The maximum absolute atomic E-state index is 13.7. The summed E-state index contributed by atoms with van der Waals surface area (Å²) in [4.78, 5) is 0. The molecule has 0 aliphatic carbocycles. The number of fused-ring (bicyclic) bond motifs is 1. The number of hydrogen-bond donors (Lipinski definition) is 1. The number of rotatable bonds is 2. The highest BCUT2D eigenvalue weighted by atomic mass is 79.9. The van der Waals surface area contributed by atoms with Crippen molar-refractivity contribution in [2.45, 2.75) is 19.6 Å². The van der Waals surface area contributed by atoms with Crippen LogP contribution in [-0.4, -0.2) is 9.78 Å². The van der Waals surface area contributed by atoms with Crippen LogP contribution in [0, 0.1) is 5.82 Å². The molecular weight excluding hydrogens is 285 g/mol. The van der Waals surface area contributed by atoms with E-state index in [0.29, 0.717) is 12.1 Å². The fourth-order valence-corrected chi connectivity index (χ4v) is 2.35. The molecule has 1 aliphatic heterocycles.